The van der Waals surface area contributed by atoms with Gasteiger partial charge in [0.15, 0.2) is 0 Å². The molecule has 0 aliphatic heterocycles. The van der Waals surface area contributed by atoms with E-state index in [-0.39, 0.29) is 5.75 Å². The van der Waals surface area contributed by atoms with Gasteiger partial charge in [0.1, 0.15) is 10.7 Å². The zero-order valence-electron chi connectivity index (χ0n) is 8.46. The summed E-state index contributed by atoms with van der Waals surface area (Å²) in [6.07, 6.45) is 1.61. The molecule has 0 aliphatic rings. The first kappa shape index (κ1) is 10.8. The highest BCUT2D eigenvalue weighted by molar-refractivity contribution is 7.71. The molecule has 0 N–H and O–H groups in total. The summed E-state index contributed by atoms with van der Waals surface area (Å²) in [6, 6.07) is 13.9. The van der Waals surface area contributed by atoms with Crippen molar-refractivity contribution in [3.05, 3.63) is 54.2 Å². The number of aromatic nitrogens is 1. The van der Waals surface area contributed by atoms with Gasteiger partial charge < -0.3 is 0 Å². The molecule has 0 amide bonds. The number of thiol groups is 1. The van der Waals surface area contributed by atoms with E-state index in [1.54, 1.807) is 24.4 Å². The number of nitrogens with zero attached hydrogens (tertiary/aromatic N) is 1. The summed E-state index contributed by atoms with van der Waals surface area (Å²) in [4.78, 5) is 4.16. The van der Waals surface area contributed by atoms with Gasteiger partial charge in [0, 0.05) is 17.8 Å². The third-order valence-corrected chi connectivity index (χ3v) is 2.80. The maximum atomic E-state index is 10.5. The Bertz CT molecular complexity index is 525. The van der Waals surface area contributed by atoms with Crippen molar-refractivity contribution in [3.63, 3.8) is 0 Å². The summed E-state index contributed by atoms with van der Waals surface area (Å²) in [5.74, 6) is 0.0889. The average molecular weight is 232 g/mol. The minimum absolute atomic E-state index is 0.0889. The lowest BCUT2D eigenvalue weighted by atomic mass is 10.1. The zero-order chi connectivity index (χ0) is 11.4. The van der Waals surface area contributed by atoms with E-state index >= 15 is 0 Å². The summed E-state index contributed by atoms with van der Waals surface area (Å²) in [6.45, 7) is 0. The Labute approximate surface area is 95.7 Å². The lowest BCUT2D eigenvalue weighted by Crippen LogP contribution is -1.87. The van der Waals surface area contributed by atoms with Crippen LogP contribution in [0.5, 0.6) is 0 Å². The second-order valence-electron chi connectivity index (χ2n) is 3.33. The van der Waals surface area contributed by atoms with Crippen LogP contribution in [0.15, 0.2) is 42.6 Å². The van der Waals surface area contributed by atoms with Crippen LogP contribution in [0.2, 0.25) is 0 Å². The van der Waals surface area contributed by atoms with Gasteiger partial charge in [-0.2, -0.15) is 0 Å². The van der Waals surface area contributed by atoms with Gasteiger partial charge in [-0.25, -0.2) is 8.42 Å². The first-order valence-electron chi connectivity index (χ1n) is 4.79. The van der Waals surface area contributed by atoms with Crippen LogP contribution in [0.25, 0.3) is 11.3 Å². The molecule has 0 atom stereocenters. The third-order valence-electron chi connectivity index (χ3n) is 2.18. The Morgan fingerprint density at radius 2 is 1.88 bits per heavy atom. The maximum absolute atomic E-state index is 10.5. The number of rotatable bonds is 3. The van der Waals surface area contributed by atoms with E-state index in [9.17, 15) is 8.42 Å². The number of benzene rings is 1. The Kier molecular flexibility index (Phi) is 3.31. The van der Waals surface area contributed by atoms with Crippen molar-refractivity contribution in [2.45, 2.75) is 5.75 Å². The van der Waals surface area contributed by atoms with Crippen LogP contribution in [0.4, 0.5) is 0 Å². The van der Waals surface area contributed by atoms with Crippen molar-refractivity contribution in [1.29, 1.82) is 0 Å². The van der Waals surface area contributed by atoms with E-state index in [0.29, 0.717) is 0 Å². The highest BCUT2D eigenvalue weighted by atomic mass is 32.2. The molecule has 0 saturated carbocycles. The van der Waals surface area contributed by atoms with Crippen LogP contribution in [0.3, 0.4) is 0 Å². The highest BCUT2D eigenvalue weighted by Gasteiger charge is 1.99. The molecule has 4 heteroatoms. The van der Waals surface area contributed by atoms with Gasteiger partial charge in [0.2, 0.25) is 0 Å². The predicted molar refractivity (Wildman–Crippen MR) is 62.5 cm³/mol. The van der Waals surface area contributed by atoms with Crippen molar-refractivity contribution in [2.24, 2.45) is 0 Å². The maximum Gasteiger partial charge on any atom is 0.144 e. The molecule has 0 fully saturated rings. The Hall–Kier alpha value is -1.68. The van der Waals surface area contributed by atoms with Gasteiger partial charge in [-0.1, -0.05) is 30.3 Å². The summed E-state index contributed by atoms with van der Waals surface area (Å²) < 4.78 is 21.1. The molecule has 0 aliphatic carbocycles. The Morgan fingerprint density at radius 1 is 1.12 bits per heavy atom. The second kappa shape index (κ2) is 4.90. The van der Waals surface area contributed by atoms with E-state index in [1.807, 2.05) is 18.2 Å². The van der Waals surface area contributed by atoms with Gasteiger partial charge >= 0.3 is 0 Å². The lowest BCUT2D eigenvalue weighted by Gasteiger charge is -2.01. The molecule has 3 nitrogen and oxygen atoms in total. The van der Waals surface area contributed by atoms with Gasteiger partial charge in [-0.15, -0.1) is 0 Å². The van der Waals surface area contributed by atoms with E-state index in [0.717, 1.165) is 16.8 Å². The van der Waals surface area contributed by atoms with Crippen LogP contribution in [-0.4, -0.2) is 13.4 Å². The van der Waals surface area contributed by atoms with E-state index < -0.39 is 10.7 Å². The zero-order valence-corrected chi connectivity index (χ0v) is 9.35. The van der Waals surface area contributed by atoms with Gasteiger partial charge in [0.05, 0.1) is 11.4 Å². The summed E-state index contributed by atoms with van der Waals surface area (Å²) in [5, 5.41) is 0. The van der Waals surface area contributed by atoms with Crippen molar-refractivity contribution in [1.82, 2.24) is 4.98 Å². The molecular weight excluding hydrogens is 222 g/mol. The molecule has 0 bridgehead atoms. The van der Waals surface area contributed by atoms with Crippen LogP contribution in [-0.2, 0) is 16.5 Å². The highest BCUT2D eigenvalue weighted by Crippen LogP contribution is 2.16. The van der Waals surface area contributed by atoms with Crippen LogP contribution in [0, 0.1) is 6.07 Å². The molecule has 2 rings (SSSR count). The molecule has 1 heterocycles. The normalized spacial score (nSPS) is 10.6. The minimum atomic E-state index is -2.36. The first-order chi connectivity index (χ1) is 7.75. The summed E-state index contributed by atoms with van der Waals surface area (Å²) in [5.41, 5.74) is 2.62. The SMILES string of the molecule is O=[SH](=O)Cc1ccc(-c2cc[c]cn2)cc1. The molecule has 0 unspecified atom stereocenters. The molecule has 0 spiro atoms. The van der Waals surface area contributed by atoms with Gasteiger partial charge in [-0.3, -0.25) is 4.98 Å². The molecular formula is C12H10NO2S. The van der Waals surface area contributed by atoms with Gasteiger partial charge in [-0.05, 0) is 11.6 Å². The first-order valence-corrected chi connectivity index (χ1v) is 6.15. The molecule has 1 aromatic carbocycles. The van der Waals surface area contributed by atoms with E-state index in [4.69, 9.17) is 0 Å². The summed E-state index contributed by atoms with van der Waals surface area (Å²) >= 11 is 0. The number of hydrogen-bond donors (Lipinski definition) is 1. The average Bonchev–Trinajstić information content (AvgIpc) is 2.30. The second-order valence-corrected chi connectivity index (χ2v) is 4.31. The topological polar surface area (TPSA) is 47.0 Å². The van der Waals surface area contributed by atoms with Crippen LogP contribution >= 0.6 is 0 Å². The fraction of sp³-hybridized carbons (Fsp3) is 0.0833. The van der Waals surface area contributed by atoms with Gasteiger partial charge in [0.25, 0.3) is 0 Å². The smallest absolute Gasteiger partial charge is 0.144 e. The molecule has 2 aromatic rings. The fourth-order valence-corrected chi connectivity index (χ4v) is 1.93. The summed E-state index contributed by atoms with van der Waals surface area (Å²) in [7, 11) is -2.36. The molecule has 81 valence electrons. The van der Waals surface area contributed by atoms with Crippen molar-refractivity contribution >= 4 is 10.7 Å². The Balaban J connectivity index is 2.26. The number of pyridine rings is 1. The van der Waals surface area contributed by atoms with E-state index in [2.05, 4.69) is 11.1 Å². The molecule has 1 radical (unpaired) electrons. The quantitative estimate of drug-likeness (QED) is 0.819. The van der Waals surface area contributed by atoms with E-state index in [1.165, 1.54) is 0 Å². The monoisotopic (exact) mass is 232 g/mol. The molecule has 0 saturated heterocycles. The van der Waals surface area contributed by atoms with Crippen LogP contribution in [0.1, 0.15) is 5.56 Å². The molecule has 16 heavy (non-hydrogen) atoms. The minimum Gasteiger partial charge on any atom is -0.256 e. The third kappa shape index (κ3) is 2.67. The standard InChI is InChI=1S/C12H10NO2S/c14-16(15)9-10-4-6-11(7-5-10)12-3-1-2-8-13-12/h1,3-8,16H,9H2. The number of hydrogen-bond acceptors (Lipinski definition) is 3. The Morgan fingerprint density at radius 3 is 2.44 bits per heavy atom. The largest absolute Gasteiger partial charge is 0.256 e. The van der Waals surface area contributed by atoms with Crippen molar-refractivity contribution in [3.8, 4) is 11.3 Å². The van der Waals surface area contributed by atoms with Crippen LogP contribution < -0.4 is 0 Å². The van der Waals surface area contributed by atoms with Crippen molar-refractivity contribution < 1.29 is 8.42 Å². The molecule has 1 aromatic heterocycles. The fourth-order valence-electron chi connectivity index (χ4n) is 1.42. The van der Waals surface area contributed by atoms with Crippen molar-refractivity contribution in [2.75, 3.05) is 0 Å². The lowest BCUT2D eigenvalue weighted by molar-refractivity contribution is 0.614. The predicted octanol–water partition coefficient (Wildman–Crippen LogP) is 1.66.